The molecule has 1 saturated heterocycles. The molecule has 1 aromatic heterocycles. The van der Waals surface area contributed by atoms with E-state index in [1.54, 1.807) is 11.3 Å². The Morgan fingerprint density at radius 1 is 1.23 bits per heavy atom. The normalized spacial score (nSPS) is 22.7. The van der Waals surface area contributed by atoms with Gasteiger partial charge in [-0.15, -0.1) is 11.3 Å². The number of aromatic nitrogens is 1. The molecule has 3 heterocycles. The molecule has 1 unspecified atom stereocenters. The van der Waals surface area contributed by atoms with E-state index in [4.69, 9.17) is 19.2 Å². The lowest BCUT2D eigenvalue weighted by Gasteiger charge is -2.33. The molecule has 1 atom stereocenters. The number of hydrogen-bond donors (Lipinski definition) is 1. The minimum atomic E-state index is 0.288. The maximum absolute atomic E-state index is 5.89. The molecule has 1 saturated carbocycles. The standard InChI is InChI=1S/C19H23N3O3S/c1-4-17-18(25-12-24-17)7-13(1)19-21-14(11-26-19)8-20-9-16-10-22(5-6-23-16)15-2-3-15/h1,4,7,11,15-16,20H,2-3,5-6,8-10,12H2. The summed E-state index contributed by atoms with van der Waals surface area (Å²) in [6.07, 6.45) is 3.01. The number of rotatable bonds is 6. The highest BCUT2D eigenvalue weighted by molar-refractivity contribution is 7.13. The van der Waals surface area contributed by atoms with Gasteiger partial charge in [0.1, 0.15) is 5.01 Å². The lowest BCUT2D eigenvalue weighted by atomic mass is 10.2. The summed E-state index contributed by atoms with van der Waals surface area (Å²) in [4.78, 5) is 7.33. The van der Waals surface area contributed by atoms with Crippen molar-refractivity contribution in [3.63, 3.8) is 0 Å². The second kappa shape index (κ2) is 7.15. The van der Waals surface area contributed by atoms with Crippen LogP contribution >= 0.6 is 11.3 Å². The Bertz CT molecular complexity index is 777. The average Bonchev–Trinajstić information content (AvgIpc) is 3.23. The van der Waals surface area contributed by atoms with Gasteiger partial charge in [0, 0.05) is 43.2 Å². The van der Waals surface area contributed by atoms with E-state index in [0.29, 0.717) is 6.79 Å². The first-order valence-corrected chi connectivity index (χ1v) is 10.1. The highest BCUT2D eigenvalue weighted by Gasteiger charge is 2.32. The van der Waals surface area contributed by atoms with Crippen LogP contribution in [0.25, 0.3) is 10.6 Å². The van der Waals surface area contributed by atoms with Gasteiger partial charge in [-0.1, -0.05) is 0 Å². The number of nitrogens with one attached hydrogen (secondary N) is 1. The molecule has 5 rings (SSSR count). The van der Waals surface area contributed by atoms with Crippen molar-refractivity contribution in [1.82, 2.24) is 15.2 Å². The van der Waals surface area contributed by atoms with Gasteiger partial charge in [0.25, 0.3) is 0 Å². The number of nitrogens with zero attached hydrogens (tertiary/aromatic N) is 2. The fourth-order valence-electron chi connectivity index (χ4n) is 3.55. The summed E-state index contributed by atoms with van der Waals surface area (Å²) >= 11 is 1.66. The SMILES string of the molecule is c1cc2c(cc1-c1nc(CNCC3CN(C4CC4)CCO3)cs1)OCO2. The van der Waals surface area contributed by atoms with Crippen molar-refractivity contribution in [3.8, 4) is 22.1 Å². The Hall–Kier alpha value is -1.67. The zero-order chi connectivity index (χ0) is 17.3. The second-order valence-corrected chi connectivity index (χ2v) is 7.92. The van der Waals surface area contributed by atoms with Gasteiger partial charge < -0.3 is 19.5 Å². The number of benzene rings is 1. The summed E-state index contributed by atoms with van der Waals surface area (Å²) in [6, 6.07) is 6.81. The van der Waals surface area contributed by atoms with E-state index in [0.717, 1.165) is 66.6 Å². The molecule has 0 radical (unpaired) electrons. The smallest absolute Gasteiger partial charge is 0.231 e. The summed E-state index contributed by atoms with van der Waals surface area (Å²) in [5.41, 5.74) is 2.14. The van der Waals surface area contributed by atoms with Crippen molar-refractivity contribution in [1.29, 1.82) is 0 Å². The van der Waals surface area contributed by atoms with Crippen LogP contribution in [0.15, 0.2) is 23.6 Å². The molecule has 1 aromatic carbocycles. The summed E-state index contributed by atoms with van der Waals surface area (Å²) in [6.45, 7) is 4.94. The van der Waals surface area contributed by atoms with Crippen LogP contribution in [0, 0.1) is 0 Å². The second-order valence-electron chi connectivity index (χ2n) is 7.06. The number of ether oxygens (including phenoxy) is 3. The van der Waals surface area contributed by atoms with Crippen LogP contribution in [0.3, 0.4) is 0 Å². The molecule has 0 bridgehead atoms. The highest BCUT2D eigenvalue weighted by atomic mass is 32.1. The highest BCUT2D eigenvalue weighted by Crippen LogP contribution is 2.36. The molecule has 3 aliphatic rings. The van der Waals surface area contributed by atoms with Gasteiger partial charge in [0.2, 0.25) is 6.79 Å². The Labute approximate surface area is 157 Å². The number of hydrogen-bond acceptors (Lipinski definition) is 7. The minimum Gasteiger partial charge on any atom is -0.454 e. The van der Waals surface area contributed by atoms with Crippen LogP contribution < -0.4 is 14.8 Å². The van der Waals surface area contributed by atoms with E-state index >= 15 is 0 Å². The van der Waals surface area contributed by atoms with E-state index in [-0.39, 0.29) is 6.10 Å². The maximum atomic E-state index is 5.89. The Morgan fingerprint density at radius 3 is 3.08 bits per heavy atom. The summed E-state index contributed by atoms with van der Waals surface area (Å²) in [5, 5.41) is 6.63. The Balaban J connectivity index is 1.15. The molecule has 7 heteroatoms. The van der Waals surface area contributed by atoms with Gasteiger partial charge in [-0.2, -0.15) is 0 Å². The summed E-state index contributed by atoms with van der Waals surface area (Å²) in [5.74, 6) is 1.60. The summed E-state index contributed by atoms with van der Waals surface area (Å²) < 4.78 is 16.7. The van der Waals surface area contributed by atoms with Gasteiger partial charge >= 0.3 is 0 Å². The van der Waals surface area contributed by atoms with Crippen LogP contribution in [0.5, 0.6) is 11.5 Å². The largest absolute Gasteiger partial charge is 0.454 e. The van der Waals surface area contributed by atoms with E-state index in [2.05, 4.69) is 15.6 Å². The van der Waals surface area contributed by atoms with E-state index < -0.39 is 0 Å². The van der Waals surface area contributed by atoms with Crippen LogP contribution in [-0.2, 0) is 11.3 Å². The first-order valence-electron chi connectivity index (χ1n) is 9.26. The molecular weight excluding hydrogens is 350 g/mol. The number of thiazole rings is 1. The topological polar surface area (TPSA) is 55.9 Å². The third-order valence-electron chi connectivity index (χ3n) is 5.08. The Kier molecular flexibility index (Phi) is 4.54. The minimum absolute atomic E-state index is 0.288. The summed E-state index contributed by atoms with van der Waals surface area (Å²) in [7, 11) is 0. The number of morpholine rings is 1. The maximum Gasteiger partial charge on any atom is 0.231 e. The Morgan fingerprint density at radius 2 is 2.15 bits per heavy atom. The predicted octanol–water partition coefficient (Wildman–Crippen LogP) is 2.49. The zero-order valence-electron chi connectivity index (χ0n) is 14.6. The average molecular weight is 373 g/mol. The van der Waals surface area contributed by atoms with E-state index in [1.807, 2.05) is 18.2 Å². The molecule has 0 spiro atoms. The molecule has 1 N–H and O–H groups in total. The molecule has 2 fully saturated rings. The van der Waals surface area contributed by atoms with Crippen LogP contribution in [0.4, 0.5) is 0 Å². The quantitative estimate of drug-likeness (QED) is 0.840. The zero-order valence-corrected chi connectivity index (χ0v) is 15.5. The first-order chi connectivity index (χ1) is 12.8. The van der Waals surface area contributed by atoms with Gasteiger partial charge in [0.15, 0.2) is 11.5 Å². The van der Waals surface area contributed by atoms with Gasteiger partial charge in [-0.3, -0.25) is 4.90 Å². The van der Waals surface area contributed by atoms with Crippen molar-refractivity contribution in [2.24, 2.45) is 0 Å². The van der Waals surface area contributed by atoms with Crippen LogP contribution in [0.1, 0.15) is 18.5 Å². The van der Waals surface area contributed by atoms with Crippen molar-refractivity contribution in [3.05, 3.63) is 29.3 Å². The molecule has 0 amide bonds. The van der Waals surface area contributed by atoms with Crippen molar-refractivity contribution >= 4 is 11.3 Å². The van der Waals surface area contributed by atoms with Crippen molar-refractivity contribution in [2.75, 3.05) is 33.0 Å². The molecule has 1 aliphatic carbocycles. The van der Waals surface area contributed by atoms with E-state index in [9.17, 15) is 0 Å². The first kappa shape index (κ1) is 16.5. The van der Waals surface area contributed by atoms with Gasteiger partial charge in [-0.25, -0.2) is 4.98 Å². The van der Waals surface area contributed by atoms with Crippen molar-refractivity contribution in [2.45, 2.75) is 31.5 Å². The molecule has 26 heavy (non-hydrogen) atoms. The van der Waals surface area contributed by atoms with E-state index in [1.165, 1.54) is 12.8 Å². The third-order valence-corrected chi connectivity index (χ3v) is 6.02. The van der Waals surface area contributed by atoms with Crippen molar-refractivity contribution < 1.29 is 14.2 Å². The predicted molar refractivity (Wildman–Crippen MR) is 99.7 cm³/mol. The number of fused-ring (bicyclic) bond motifs is 1. The lowest BCUT2D eigenvalue weighted by molar-refractivity contribution is -0.0301. The molecule has 2 aliphatic heterocycles. The molecule has 6 nitrogen and oxygen atoms in total. The lowest BCUT2D eigenvalue weighted by Crippen LogP contribution is -2.47. The fraction of sp³-hybridized carbons (Fsp3) is 0.526. The molecule has 138 valence electrons. The fourth-order valence-corrected chi connectivity index (χ4v) is 4.37. The molecule has 2 aromatic rings. The van der Waals surface area contributed by atoms with Gasteiger partial charge in [-0.05, 0) is 31.0 Å². The van der Waals surface area contributed by atoms with Crippen LogP contribution in [-0.4, -0.2) is 55.1 Å². The monoisotopic (exact) mass is 373 g/mol. The van der Waals surface area contributed by atoms with Gasteiger partial charge in [0.05, 0.1) is 18.4 Å². The van der Waals surface area contributed by atoms with Crippen LogP contribution in [0.2, 0.25) is 0 Å². The third kappa shape index (κ3) is 3.57. The molecular formula is C19H23N3O3S.